The van der Waals surface area contributed by atoms with Gasteiger partial charge in [0, 0.05) is 36.9 Å². The fourth-order valence-corrected chi connectivity index (χ4v) is 3.88. The van der Waals surface area contributed by atoms with Gasteiger partial charge in [0.15, 0.2) is 6.10 Å². The molecule has 1 aliphatic heterocycles. The first-order valence-corrected chi connectivity index (χ1v) is 10.2. The zero-order valence-electron chi connectivity index (χ0n) is 17.4. The van der Waals surface area contributed by atoms with E-state index in [0.29, 0.717) is 13.1 Å². The largest absolute Gasteiger partial charge is 0.481 e. The van der Waals surface area contributed by atoms with Crippen molar-refractivity contribution in [1.82, 2.24) is 4.90 Å². The number of rotatable bonds is 4. The third kappa shape index (κ3) is 4.44. The van der Waals surface area contributed by atoms with E-state index in [-0.39, 0.29) is 5.91 Å². The van der Waals surface area contributed by atoms with E-state index < -0.39 is 6.10 Å². The van der Waals surface area contributed by atoms with E-state index in [0.717, 1.165) is 40.7 Å². The standard InChI is InChI=1S/C23H29ClN2O2/c1-15-12-17(3)18(4)22(13-15)28-19(5)23(27)26-10-8-25(9-11-26)21-14-20(24)7-6-16(21)2/h6-7,12-14,19H,8-11H2,1-5H3. The summed E-state index contributed by atoms with van der Waals surface area (Å²) in [6.45, 7) is 13.0. The van der Waals surface area contributed by atoms with Crippen LogP contribution in [0.1, 0.15) is 29.2 Å². The number of anilines is 1. The molecule has 0 N–H and O–H groups in total. The lowest BCUT2D eigenvalue weighted by Gasteiger charge is -2.37. The van der Waals surface area contributed by atoms with Gasteiger partial charge in [-0.15, -0.1) is 0 Å². The summed E-state index contributed by atoms with van der Waals surface area (Å²) in [6.07, 6.45) is -0.501. The number of amides is 1. The van der Waals surface area contributed by atoms with Gasteiger partial charge in [0.05, 0.1) is 0 Å². The van der Waals surface area contributed by atoms with Gasteiger partial charge < -0.3 is 14.5 Å². The number of hydrogen-bond donors (Lipinski definition) is 0. The average Bonchev–Trinajstić information content (AvgIpc) is 2.67. The van der Waals surface area contributed by atoms with Crippen LogP contribution in [0, 0.1) is 27.7 Å². The van der Waals surface area contributed by atoms with Crippen molar-refractivity contribution in [2.45, 2.75) is 40.7 Å². The van der Waals surface area contributed by atoms with E-state index in [9.17, 15) is 4.79 Å². The fraction of sp³-hybridized carbons (Fsp3) is 0.435. The molecule has 2 aromatic carbocycles. The lowest BCUT2D eigenvalue weighted by atomic mass is 10.1. The molecule has 1 aliphatic rings. The molecule has 0 bridgehead atoms. The summed E-state index contributed by atoms with van der Waals surface area (Å²) >= 11 is 6.16. The molecule has 0 spiro atoms. The Hall–Kier alpha value is -2.20. The number of hydrogen-bond acceptors (Lipinski definition) is 3. The smallest absolute Gasteiger partial charge is 0.263 e. The minimum absolute atomic E-state index is 0.0426. The van der Waals surface area contributed by atoms with Crippen LogP contribution in [0.2, 0.25) is 5.02 Å². The van der Waals surface area contributed by atoms with E-state index in [4.69, 9.17) is 16.3 Å². The average molecular weight is 401 g/mol. The maximum atomic E-state index is 12.9. The first-order chi connectivity index (χ1) is 13.3. The molecule has 1 fully saturated rings. The van der Waals surface area contributed by atoms with Crippen LogP contribution in [-0.2, 0) is 4.79 Å². The Bertz CT molecular complexity index is 873. The maximum Gasteiger partial charge on any atom is 0.263 e. The van der Waals surface area contributed by atoms with Gasteiger partial charge in [0.2, 0.25) is 0 Å². The van der Waals surface area contributed by atoms with Crippen LogP contribution < -0.4 is 9.64 Å². The van der Waals surface area contributed by atoms with Crippen molar-refractivity contribution >= 4 is 23.2 Å². The molecule has 1 heterocycles. The second-order valence-electron chi connectivity index (χ2n) is 7.71. The Kier molecular flexibility index (Phi) is 6.19. The molecule has 1 amide bonds. The summed E-state index contributed by atoms with van der Waals surface area (Å²) < 4.78 is 6.05. The van der Waals surface area contributed by atoms with Crippen LogP contribution in [0.15, 0.2) is 30.3 Å². The highest BCUT2D eigenvalue weighted by Crippen LogP contribution is 2.27. The summed E-state index contributed by atoms with van der Waals surface area (Å²) in [5, 5.41) is 0.741. The van der Waals surface area contributed by atoms with Gasteiger partial charge in [-0.2, -0.15) is 0 Å². The molecular formula is C23H29ClN2O2. The van der Waals surface area contributed by atoms with Crippen molar-refractivity contribution in [2.75, 3.05) is 31.1 Å². The molecule has 0 radical (unpaired) electrons. The van der Waals surface area contributed by atoms with Gasteiger partial charge in [-0.1, -0.05) is 23.7 Å². The SMILES string of the molecule is Cc1cc(C)c(C)c(OC(C)C(=O)N2CCN(c3cc(Cl)ccc3C)CC2)c1. The molecule has 1 unspecified atom stereocenters. The van der Waals surface area contributed by atoms with Gasteiger partial charge in [-0.25, -0.2) is 0 Å². The molecule has 0 aliphatic carbocycles. The van der Waals surface area contributed by atoms with Crippen molar-refractivity contribution in [3.63, 3.8) is 0 Å². The molecular weight excluding hydrogens is 372 g/mol. The van der Waals surface area contributed by atoms with Gasteiger partial charge >= 0.3 is 0 Å². The molecule has 2 aromatic rings. The van der Waals surface area contributed by atoms with Gasteiger partial charge in [-0.3, -0.25) is 4.79 Å². The Morgan fingerprint density at radius 2 is 1.68 bits per heavy atom. The summed E-state index contributed by atoms with van der Waals surface area (Å²) in [5.41, 5.74) is 5.76. The topological polar surface area (TPSA) is 32.8 Å². The molecule has 28 heavy (non-hydrogen) atoms. The number of benzene rings is 2. The lowest BCUT2D eigenvalue weighted by Crippen LogP contribution is -2.52. The van der Waals surface area contributed by atoms with Gasteiger partial charge in [0.25, 0.3) is 5.91 Å². The van der Waals surface area contributed by atoms with E-state index in [1.165, 1.54) is 11.1 Å². The molecule has 0 aromatic heterocycles. The number of halogens is 1. The second-order valence-corrected chi connectivity index (χ2v) is 8.14. The minimum atomic E-state index is -0.501. The zero-order chi connectivity index (χ0) is 20.4. The molecule has 0 saturated carbocycles. The van der Waals surface area contributed by atoms with Crippen molar-refractivity contribution in [3.8, 4) is 5.75 Å². The predicted molar refractivity (Wildman–Crippen MR) is 116 cm³/mol. The third-order valence-electron chi connectivity index (χ3n) is 5.52. The Labute approximate surface area is 173 Å². The maximum absolute atomic E-state index is 12.9. The van der Waals surface area contributed by atoms with Crippen molar-refractivity contribution < 1.29 is 9.53 Å². The molecule has 150 valence electrons. The monoisotopic (exact) mass is 400 g/mol. The highest BCUT2D eigenvalue weighted by Gasteiger charge is 2.27. The van der Waals surface area contributed by atoms with E-state index in [1.807, 2.05) is 49.9 Å². The predicted octanol–water partition coefficient (Wildman–Crippen LogP) is 4.69. The van der Waals surface area contributed by atoms with Crippen molar-refractivity contribution in [1.29, 1.82) is 0 Å². The van der Waals surface area contributed by atoms with E-state index >= 15 is 0 Å². The highest BCUT2D eigenvalue weighted by atomic mass is 35.5. The summed E-state index contributed by atoms with van der Waals surface area (Å²) in [7, 11) is 0. The Morgan fingerprint density at radius 3 is 2.36 bits per heavy atom. The summed E-state index contributed by atoms with van der Waals surface area (Å²) in [5.74, 6) is 0.840. The normalized spacial score (nSPS) is 15.5. The van der Waals surface area contributed by atoms with Crippen molar-refractivity contribution in [2.24, 2.45) is 0 Å². The number of aryl methyl sites for hydroxylation is 3. The molecule has 4 nitrogen and oxygen atoms in total. The first kappa shape index (κ1) is 20.5. The number of carbonyl (C=O) groups excluding carboxylic acids is 1. The summed E-state index contributed by atoms with van der Waals surface area (Å²) in [4.78, 5) is 17.1. The molecule has 1 saturated heterocycles. The van der Waals surface area contributed by atoms with Gasteiger partial charge in [-0.05, 0) is 75.1 Å². The van der Waals surface area contributed by atoms with E-state index in [2.05, 4.69) is 24.8 Å². The molecule has 3 rings (SSSR count). The van der Waals surface area contributed by atoms with Crippen LogP contribution in [-0.4, -0.2) is 43.1 Å². The van der Waals surface area contributed by atoms with Crippen LogP contribution in [0.5, 0.6) is 5.75 Å². The summed E-state index contributed by atoms with van der Waals surface area (Å²) in [6, 6.07) is 10.1. The highest BCUT2D eigenvalue weighted by molar-refractivity contribution is 6.30. The van der Waals surface area contributed by atoms with Crippen LogP contribution in [0.3, 0.4) is 0 Å². The fourth-order valence-electron chi connectivity index (χ4n) is 3.71. The van der Waals surface area contributed by atoms with Crippen LogP contribution in [0.4, 0.5) is 5.69 Å². The molecule has 5 heteroatoms. The van der Waals surface area contributed by atoms with Crippen molar-refractivity contribution in [3.05, 3.63) is 57.6 Å². The number of piperazine rings is 1. The lowest BCUT2D eigenvalue weighted by molar-refractivity contribution is -0.138. The van der Waals surface area contributed by atoms with Crippen LogP contribution in [0.25, 0.3) is 0 Å². The molecule has 1 atom stereocenters. The quantitative estimate of drug-likeness (QED) is 0.746. The van der Waals surface area contributed by atoms with E-state index in [1.54, 1.807) is 0 Å². The van der Waals surface area contributed by atoms with Crippen LogP contribution >= 0.6 is 11.6 Å². The Balaban J connectivity index is 1.63. The first-order valence-electron chi connectivity index (χ1n) is 9.80. The number of carbonyl (C=O) groups is 1. The third-order valence-corrected chi connectivity index (χ3v) is 5.75. The Morgan fingerprint density at radius 1 is 1.00 bits per heavy atom. The number of ether oxygens (including phenoxy) is 1. The minimum Gasteiger partial charge on any atom is -0.481 e. The second kappa shape index (κ2) is 8.44. The zero-order valence-corrected chi connectivity index (χ0v) is 18.1. The number of nitrogens with zero attached hydrogens (tertiary/aromatic N) is 2. The van der Waals surface area contributed by atoms with Gasteiger partial charge in [0.1, 0.15) is 5.75 Å².